The first-order valence-corrected chi connectivity index (χ1v) is 13.7. The van der Waals surface area contributed by atoms with E-state index in [1.807, 2.05) is 7.11 Å². The minimum Gasteiger partial charge on any atom is -0.392 e. The van der Waals surface area contributed by atoms with Gasteiger partial charge in [0, 0.05) is 95.0 Å². The Hall–Kier alpha value is -0.320. The molecular weight excluding hydrogens is 450 g/mol. The van der Waals surface area contributed by atoms with Crippen LogP contribution < -0.4 is 0 Å². The Bertz CT molecular complexity index is 829. The molecule has 1 aliphatic heterocycles. The Kier molecular flexibility index (Phi) is 5.95. The van der Waals surface area contributed by atoms with E-state index >= 15 is 0 Å². The van der Waals surface area contributed by atoms with Crippen LogP contribution in [-0.2, 0) is 23.7 Å². The molecule has 0 amide bonds. The highest BCUT2D eigenvalue weighted by molar-refractivity contribution is 5.37. The minimum atomic E-state index is -0.549. The van der Waals surface area contributed by atoms with Gasteiger partial charge in [-0.1, -0.05) is 6.92 Å². The molecular formula is C27H45NO7. The average molecular weight is 496 g/mol. The summed E-state index contributed by atoms with van der Waals surface area (Å²) in [5.41, 5.74) is -1.25. The number of ether oxygens (including phenoxy) is 5. The monoisotopic (exact) mass is 495 g/mol. The summed E-state index contributed by atoms with van der Waals surface area (Å²) in [6.07, 6.45) is 0.950. The standard InChI is InChI=1S/C27H45NO7/c1-7-28-12-25(13-31-3)17(29)10-18(33-5)27-15-9-14-16(32-4)11-26(35-8-2,19(15)21(14)30)20(24(27)28)22(34-6)23(25)27/h14-24,29-30H,7-13H2,1-6H3/t14-,15-,16+,17-,18+,19-,20+,21+,22+,23-,24?,25+,26-,27+/m1/s1. The lowest BCUT2D eigenvalue weighted by Gasteiger charge is -2.70. The van der Waals surface area contributed by atoms with Crippen LogP contribution in [0, 0.1) is 40.4 Å². The van der Waals surface area contributed by atoms with Crippen molar-refractivity contribution < 1.29 is 33.9 Å². The second kappa shape index (κ2) is 8.34. The lowest BCUT2D eigenvalue weighted by atomic mass is 9.42. The third kappa shape index (κ3) is 2.62. The van der Waals surface area contributed by atoms with E-state index in [0.29, 0.717) is 19.6 Å². The van der Waals surface area contributed by atoms with Crippen molar-refractivity contribution in [2.24, 2.45) is 40.4 Å². The summed E-state index contributed by atoms with van der Waals surface area (Å²) >= 11 is 0. The van der Waals surface area contributed by atoms with Crippen LogP contribution in [0.2, 0.25) is 0 Å². The number of piperidine rings is 1. The molecule has 8 heteroatoms. The molecule has 8 nitrogen and oxygen atoms in total. The maximum atomic E-state index is 11.9. The molecule has 14 atom stereocenters. The first-order valence-electron chi connectivity index (χ1n) is 13.7. The predicted molar refractivity (Wildman–Crippen MR) is 128 cm³/mol. The first kappa shape index (κ1) is 25.0. The summed E-state index contributed by atoms with van der Waals surface area (Å²) in [5, 5.41) is 23.7. The van der Waals surface area contributed by atoms with E-state index in [2.05, 4.69) is 18.7 Å². The van der Waals surface area contributed by atoms with E-state index in [1.165, 1.54) is 0 Å². The number of fused-ring (bicyclic) bond motifs is 2. The van der Waals surface area contributed by atoms with Crippen LogP contribution in [0.15, 0.2) is 0 Å². The van der Waals surface area contributed by atoms with E-state index in [9.17, 15) is 10.2 Å². The zero-order valence-electron chi connectivity index (χ0n) is 22.2. The smallest absolute Gasteiger partial charge is 0.0830 e. The molecule has 5 saturated carbocycles. The summed E-state index contributed by atoms with van der Waals surface area (Å²) in [7, 11) is 7.15. The molecule has 5 aliphatic carbocycles. The van der Waals surface area contributed by atoms with Gasteiger partial charge in [-0.2, -0.15) is 0 Å². The highest BCUT2D eigenvalue weighted by atomic mass is 16.5. The fourth-order valence-electron chi connectivity index (χ4n) is 11.4. The fourth-order valence-corrected chi connectivity index (χ4v) is 11.4. The summed E-state index contributed by atoms with van der Waals surface area (Å²) in [5.74, 6) is 0.407. The highest BCUT2D eigenvalue weighted by Gasteiger charge is 2.87. The number of nitrogens with zero attached hydrogens (tertiary/aromatic N) is 1. The van der Waals surface area contributed by atoms with E-state index in [1.54, 1.807) is 21.3 Å². The molecule has 0 radical (unpaired) electrons. The van der Waals surface area contributed by atoms with Gasteiger partial charge in [0.1, 0.15) is 0 Å². The molecule has 7 bridgehead atoms. The van der Waals surface area contributed by atoms with Crippen molar-refractivity contribution >= 4 is 0 Å². The van der Waals surface area contributed by atoms with Crippen LogP contribution in [0.4, 0.5) is 0 Å². The Morgan fingerprint density at radius 3 is 2.34 bits per heavy atom. The molecule has 1 heterocycles. The largest absolute Gasteiger partial charge is 0.392 e. The molecule has 0 aromatic rings. The summed E-state index contributed by atoms with van der Waals surface area (Å²) in [6, 6.07) is 0.194. The van der Waals surface area contributed by atoms with Gasteiger partial charge in [0.25, 0.3) is 0 Å². The zero-order chi connectivity index (χ0) is 24.9. The average Bonchev–Trinajstić information content (AvgIpc) is 3.24. The Morgan fingerprint density at radius 2 is 1.74 bits per heavy atom. The molecule has 1 spiro atoms. The molecule has 0 aromatic heterocycles. The second-order valence-corrected chi connectivity index (χ2v) is 12.2. The number of hydrogen-bond donors (Lipinski definition) is 2. The van der Waals surface area contributed by atoms with Crippen LogP contribution in [-0.4, -0.2) is 112 Å². The van der Waals surface area contributed by atoms with Crippen LogP contribution in [0.3, 0.4) is 0 Å². The molecule has 1 unspecified atom stereocenters. The van der Waals surface area contributed by atoms with Gasteiger partial charge in [-0.25, -0.2) is 0 Å². The van der Waals surface area contributed by atoms with Crippen molar-refractivity contribution in [3.8, 4) is 0 Å². The predicted octanol–water partition coefficient (Wildman–Crippen LogP) is 1.17. The van der Waals surface area contributed by atoms with E-state index in [4.69, 9.17) is 23.7 Å². The number of aliphatic hydroxyl groups is 2. The second-order valence-electron chi connectivity index (χ2n) is 12.2. The lowest BCUT2D eigenvalue weighted by Crippen LogP contribution is -2.78. The molecule has 6 fully saturated rings. The molecule has 0 aromatic carbocycles. The molecule has 6 aliphatic rings. The summed E-state index contributed by atoms with van der Waals surface area (Å²) in [6.45, 7) is 7.01. The van der Waals surface area contributed by atoms with Gasteiger partial charge >= 0.3 is 0 Å². The Morgan fingerprint density at radius 1 is 0.971 bits per heavy atom. The quantitative estimate of drug-likeness (QED) is 0.519. The maximum Gasteiger partial charge on any atom is 0.0830 e. The highest BCUT2D eigenvalue weighted by Crippen LogP contribution is 2.80. The number of rotatable bonds is 8. The van der Waals surface area contributed by atoms with Crippen molar-refractivity contribution in [3.05, 3.63) is 0 Å². The topological polar surface area (TPSA) is 89.9 Å². The van der Waals surface area contributed by atoms with Crippen LogP contribution in [0.1, 0.15) is 33.1 Å². The summed E-state index contributed by atoms with van der Waals surface area (Å²) < 4.78 is 31.7. The SMILES string of the molecule is CCO[C@]12C[C@H](OC)[C@H]3C[C@H]([C@@H]1[C@H]3O)[C@@]13C4[C@@H]2[C@H](OC)[C@@H]1[C@](COC)(CN4CC)[C@H](O)C[C@@H]3OC. The zero-order valence-corrected chi connectivity index (χ0v) is 22.2. The lowest BCUT2D eigenvalue weighted by molar-refractivity contribution is -0.301. The van der Waals surface area contributed by atoms with Gasteiger partial charge in [0.15, 0.2) is 0 Å². The first-order chi connectivity index (χ1) is 16.9. The normalized spacial score (nSPS) is 58.1. The summed E-state index contributed by atoms with van der Waals surface area (Å²) in [4.78, 5) is 2.59. The third-order valence-electron chi connectivity index (χ3n) is 11.9. The molecule has 1 saturated heterocycles. The number of likely N-dealkylation sites (tertiary alicyclic amines) is 1. The van der Waals surface area contributed by atoms with E-state index in [0.717, 1.165) is 25.9 Å². The molecule has 200 valence electrons. The number of aliphatic hydroxyl groups excluding tert-OH is 2. The number of hydrogen-bond acceptors (Lipinski definition) is 8. The van der Waals surface area contributed by atoms with Crippen molar-refractivity contribution in [3.63, 3.8) is 0 Å². The third-order valence-corrected chi connectivity index (χ3v) is 11.9. The van der Waals surface area contributed by atoms with Crippen molar-refractivity contribution in [1.29, 1.82) is 0 Å². The van der Waals surface area contributed by atoms with Gasteiger partial charge in [-0.15, -0.1) is 0 Å². The van der Waals surface area contributed by atoms with Crippen LogP contribution in [0.25, 0.3) is 0 Å². The van der Waals surface area contributed by atoms with Crippen molar-refractivity contribution in [1.82, 2.24) is 4.90 Å². The van der Waals surface area contributed by atoms with Gasteiger partial charge < -0.3 is 33.9 Å². The van der Waals surface area contributed by atoms with Gasteiger partial charge in [0.2, 0.25) is 0 Å². The Labute approximate surface area is 209 Å². The van der Waals surface area contributed by atoms with Gasteiger partial charge in [-0.05, 0) is 25.8 Å². The van der Waals surface area contributed by atoms with Crippen molar-refractivity contribution in [2.75, 3.05) is 54.7 Å². The van der Waals surface area contributed by atoms with E-state index < -0.39 is 23.2 Å². The van der Waals surface area contributed by atoms with Crippen molar-refractivity contribution in [2.45, 2.75) is 75.3 Å². The molecule has 35 heavy (non-hydrogen) atoms. The van der Waals surface area contributed by atoms with Gasteiger partial charge in [-0.3, -0.25) is 4.90 Å². The van der Waals surface area contributed by atoms with Crippen LogP contribution >= 0.6 is 0 Å². The van der Waals surface area contributed by atoms with E-state index in [-0.39, 0.29) is 59.4 Å². The minimum absolute atomic E-state index is 0.00712. The Balaban J connectivity index is 1.66. The fraction of sp³-hybridized carbons (Fsp3) is 1.00. The number of methoxy groups -OCH3 is 4. The van der Waals surface area contributed by atoms with Crippen LogP contribution in [0.5, 0.6) is 0 Å². The molecule has 6 rings (SSSR count). The molecule has 2 N–H and O–H groups in total. The van der Waals surface area contributed by atoms with Gasteiger partial charge in [0.05, 0.1) is 42.7 Å². The maximum absolute atomic E-state index is 11.9.